The summed E-state index contributed by atoms with van der Waals surface area (Å²) < 4.78 is 5.70. The second-order valence-corrected chi connectivity index (χ2v) is 8.00. The highest BCUT2D eigenvalue weighted by molar-refractivity contribution is 6.35. The van der Waals surface area contributed by atoms with Crippen molar-refractivity contribution in [2.75, 3.05) is 17.2 Å². The monoisotopic (exact) mass is 474 g/mol. The van der Waals surface area contributed by atoms with Gasteiger partial charge in [0.2, 0.25) is 0 Å². The van der Waals surface area contributed by atoms with Crippen molar-refractivity contribution in [1.29, 1.82) is 0 Å². The number of carbonyl (C=O) groups is 2. The molecule has 1 unspecified atom stereocenters. The van der Waals surface area contributed by atoms with Gasteiger partial charge in [-0.15, -0.1) is 0 Å². The number of rotatable bonds is 7. The fourth-order valence-corrected chi connectivity index (χ4v) is 3.62. The summed E-state index contributed by atoms with van der Waals surface area (Å²) in [6.45, 7) is 1.72. The zero-order valence-electron chi connectivity index (χ0n) is 18.4. The second kappa shape index (κ2) is 10.7. The van der Waals surface area contributed by atoms with Crippen molar-refractivity contribution in [3.8, 4) is 5.75 Å². The van der Waals surface area contributed by atoms with E-state index in [2.05, 4.69) is 20.9 Å². The number of benzene rings is 3. The van der Waals surface area contributed by atoms with Crippen LogP contribution in [0.3, 0.4) is 0 Å². The zero-order chi connectivity index (χ0) is 23.9. The van der Waals surface area contributed by atoms with Gasteiger partial charge in [-0.3, -0.25) is 9.78 Å². The number of para-hydroxylation sites is 1. The molecule has 0 aliphatic carbocycles. The molecule has 0 aliphatic heterocycles. The summed E-state index contributed by atoms with van der Waals surface area (Å²) in [5, 5.41) is 9.79. The summed E-state index contributed by atoms with van der Waals surface area (Å²) in [6.07, 6.45) is 1.65. The van der Waals surface area contributed by atoms with Gasteiger partial charge >= 0.3 is 6.03 Å². The average molecular weight is 475 g/mol. The summed E-state index contributed by atoms with van der Waals surface area (Å²) in [6, 6.07) is 22.9. The molecule has 0 radical (unpaired) electrons. The van der Waals surface area contributed by atoms with Gasteiger partial charge in [0, 0.05) is 23.0 Å². The van der Waals surface area contributed by atoms with E-state index in [1.165, 1.54) is 0 Å². The van der Waals surface area contributed by atoms with Gasteiger partial charge in [-0.05, 0) is 61.0 Å². The molecule has 3 aromatic carbocycles. The maximum Gasteiger partial charge on any atom is 0.323 e. The van der Waals surface area contributed by atoms with Crippen molar-refractivity contribution in [2.45, 2.75) is 13.0 Å². The molecule has 4 rings (SSSR count). The Morgan fingerprint density at radius 2 is 1.62 bits per heavy atom. The third kappa shape index (κ3) is 5.82. The fourth-order valence-electron chi connectivity index (χ4n) is 3.41. The Morgan fingerprint density at radius 1 is 0.912 bits per heavy atom. The third-order valence-electron chi connectivity index (χ3n) is 5.12. The first-order chi connectivity index (χ1) is 16.5. The topological polar surface area (TPSA) is 92.3 Å². The first kappa shape index (κ1) is 23.1. The molecule has 34 heavy (non-hydrogen) atoms. The van der Waals surface area contributed by atoms with E-state index in [1.807, 2.05) is 55.5 Å². The Kier molecular flexibility index (Phi) is 7.25. The lowest BCUT2D eigenvalue weighted by Crippen LogP contribution is -2.31. The highest BCUT2D eigenvalue weighted by Crippen LogP contribution is 2.29. The highest BCUT2D eigenvalue weighted by atomic mass is 35.5. The van der Waals surface area contributed by atoms with Crippen molar-refractivity contribution in [3.05, 3.63) is 95.6 Å². The predicted molar refractivity (Wildman–Crippen MR) is 134 cm³/mol. The number of nitrogens with zero attached hydrogens (tertiary/aromatic N) is 1. The average Bonchev–Trinajstić information content (AvgIpc) is 2.85. The number of urea groups is 1. The molecule has 172 valence electrons. The van der Waals surface area contributed by atoms with E-state index in [1.54, 1.807) is 36.5 Å². The first-order valence-electron chi connectivity index (χ1n) is 10.7. The summed E-state index contributed by atoms with van der Waals surface area (Å²) >= 11 is 6.20. The Bertz CT molecular complexity index is 1300. The number of halogens is 1. The van der Waals surface area contributed by atoms with E-state index in [0.29, 0.717) is 27.7 Å². The van der Waals surface area contributed by atoms with Gasteiger partial charge in [-0.2, -0.15) is 0 Å². The van der Waals surface area contributed by atoms with Gasteiger partial charge in [0.1, 0.15) is 11.3 Å². The van der Waals surface area contributed by atoms with Crippen LogP contribution in [0.2, 0.25) is 5.02 Å². The largest absolute Gasteiger partial charge is 0.481 e. The minimum atomic E-state index is -0.332. The van der Waals surface area contributed by atoms with Crippen LogP contribution < -0.4 is 20.7 Å². The number of amides is 3. The molecule has 0 saturated heterocycles. The van der Waals surface area contributed by atoms with Crippen molar-refractivity contribution in [1.82, 2.24) is 10.3 Å². The van der Waals surface area contributed by atoms with Crippen LogP contribution in [-0.2, 0) is 4.79 Å². The minimum Gasteiger partial charge on any atom is -0.481 e. The van der Waals surface area contributed by atoms with E-state index in [9.17, 15) is 9.59 Å². The summed E-state index contributed by atoms with van der Waals surface area (Å²) in [7, 11) is 0. The Hall–Kier alpha value is -4.10. The van der Waals surface area contributed by atoms with Crippen molar-refractivity contribution in [2.24, 2.45) is 0 Å². The van der Waals surface area contributed by atoms with Crippen molar-refractivity contribution < 1.29 is 14.3 Å². The van der Waals surface area contributed by atoms with Crippen LogP contribution in [0.15, 0.2) is 85.1 Å². The number of hydrogen-bond donors (Lipinski definition) is 3. The molecule has 3 amide bonds. The number of anilines is 2. The van der Waals surface area contributed by atoms with E-state index in [-0.39, 0.29) is 24.6 Å². The molecule has 0 fully saturated rings. The Balaban J connectivity index is 1.29. The number of ether oxygens (including phenoxy) is 1. The van der Waals surface area contributed by atoms with Gasteiger partial charge < -0.3 is 20.7 Å². The smallest absolute Gasteiger partial charge is 0.323 e. The summed E-state index contributed by atoms with van der Waals surface area (Å²) in [5.41, 5.74) is 2.84. The van der Waals surface area contributed by atoms with Crippen LogP contribution in [0, 0.1) is 0 Å². The van der Waals surface area contributed by atoms with E-state index < -0.39 is 0 Å². The summed E-state index contributed by atoms with van der Waals surface area (Å²) in [4.78, 5) is 28.9. The van der Waals surface area contributed by atoms with Crippen molar-refractivity contribution in [3.63, 3.8) is 0 Å². The lowest BCUT2D eigenvalue weighted by molar-refractivity contribution is -0.123. The first-order valence-corrected chi connectivity index (χ1v) is 11.1. The molecule has 4 aromatic rings. The normalized spacial score (nSPS) is 11.5. The van der Waals surface area contributed by atoms with E-state index in [4.69, 9.17) is 16.3 Å². The molecule has 1 atom stereocenters. The number of fused-ring (bicyclic) bond motifs is 1. The number of pyridine rings is 1. The molecule has 3 N–H and O–H groups in total. The Morgan fingerprint density at radius 3 is 2.35 bits per heavy atom. The summed E-state index contributed by atoms with van der Waals surface area (Å²) in [5.74, 6) is 0.225. The molecule has 1 heterocycles. The maximum absolute atomic E-state index is 12.4. The second-order valence-electron chi connectivity index (χ2n) is 7.59. The van der Waals surface area contributed by atoms with E-state index >= 15 is 0 Å². The molecular formula is C26H23ClN4O3. The molecule has 0 aliphatic rings. The van der Waals surface area contributed by atoms with Gasteiger partial charge in [0.15, 0.2) is 6.61 Å². The number of carbonyl (C=O) groups excluding carboxylic acids is 2. The third-order valence-corrected chi connectivity index (χ3v) is 5.45. The molecule has 0 saturated carbocycles. The number of aromatic nitrogens is 1. The van der Waals surface area contributed by atoms with Crippen LogP contribution in [0.5, 0.6) is 5.75 Å². The minimum absolute atomic E-state index is 0.156. The van der Waals surface area contributed by atoms with Crippen LogP contribution in [0.1, 0.15) is 18.5 Å². The van der Waals surface area contributed by atoms with Crippen LogP contribution in [-0.4, -0.2) is 23.5 Å². The van der Waals surface area contributed by atoms with Crippen LogP contribution >= 0.6 is 11.6 Å². The molecule has 8 heteroatoms. The lowest BCUT2D eigenvalue weighted by atomic mass is 10.1. The lowest BCUT2D eigenvalue weighted by Gasteiger charge is -2.16. The van der Waals surface area contributed by atoms with Gasteiger partial charge in [-0.1, -0.05) is 41.9 Å². The number of hydrogen-bond acceptors (Lipinski definition) is 4. The van der Waals surface area contributed by atoms with Crippen LogP contribution in [0.4, 0.5) is 16.2 Å². The molecule has 1 aromatic heterocycles. The quantitative estimate of drug-likeness (QED) is 0.316. The molecule has 0 spiro atoms. The fraction of sp³-hybridized carbons (Fsp3) is 0.115. The predicted octanol–water partition coefficient (Wildman–Crippen LogP) is 5.79. The zero-order valence-corrected chi connectivity index (χ0v) is 19.2. The molecule has 0 bridgehead atoms. The maximum atomic E-state index is 12.4. The van der Waals surface area contributed by atoms with E-state index in [0.717, 1.165) is 10.9 Å². The SMILES string of the molecule is CC(NC(=O)COc1ccc(Cl)c2cccnc12)c1ccc(NC(=O)Nc2ccccc2)cc1. The van der Waals surface area contributed by atoms with Gasteiger partial charge in [-0.25, -0.2) is 4.79 Å². The van der Waals surface area contributed by atoms with Crippen LogP contribution in [0.25, 0.3) is 10.9 Å². The van der Waals surface area contributed by atoms with Crippen molar-refractivity contribution >= 4 is 45.8 Å². The van der Waals surface area contributed by atoms with Gasteiger partial charge in [0.25, 0.3) is 5.91 Å². The standard InChI is InChI=1S/C26H23ClN4O3/c1-17(18-9-11-20(12-10-18)31-26(33)30-19-6-3-2-4-7-19)29-24(32)16-34-23-14-13-22(27)21-8-5-15-28-25(21)23/h2-15,17H,16H2,1H3,(H,29,32)(H2,30,31,33). The highest BCUT2D eigenvalue weighted by Gasteiger charge is 2.13. The molecule has 7 nitrogen and oxygen atoms in total. The number of nitrogens with one attached hydrogen (secondary N) is 3. The molecular weight excluding hydrogens is 452 g/mol. The Labute approximate surface area is 202 Å². The van der Waals surface area contributed by atoms with Gasteiger partial charge in [0.05, 0.1) is 11.1 Å².